The molecule has 0 aliphatic carbocycles. The summed E-state index contributed by atoms with van der Waals surface area (Å²) in [6.07, 6.45) is 0.0925. The van der Waals surface area contributed by atoms with Crippen LogP contribution in [0.4, 0.5) is 5.69 Å². The van der Waals surface area contributed by atoms with Gasteiger partial charge in [0.1, 0.15) is 0 Å². The van der Waals surface area contributed by atoms with Crippen molar-refractivity contribution < 1.29 is 18.0 Å². The molecule has 1 atom stereocenters. The van der Waals surface area contributed by atoms with E-state index in [0.717, 1.165) is 16.7 Å². The molecule has 4 aromatic carbocycles. The Labute approximate surface area is 240 Å². The zero-order valence-corrected chi connectivity index (χ0v) is 24.2. The molecule has 40 heavy (non-hydrogen) atoms. The number of halogens is 1. The molecule has 2 amide bonds. The summed E-state index contributed by atoms with van der Waals surface area (Å²) in [7, 11) is -1.51. The van der Waals surface area contributed by atoms with Crippen molar-refractivity contribution in [1.29, 1.82) is 0 Å². The van der Waals surface area contributed by atoms with Crippen LogP contribution in [-0.4, -0.2) is 37.9 Å². The number of nitrogens with zero attached hydrogens (tertiary/aromatic N) is 1. The van der Waals surface area contributed by atoms with Crippen LogP contribution in [0.5, 0.6) is 0 Å². The minimum absolute atomic E-state index is 0.0227. The van der Waals surface area contributed by atoms with E-state index in [1.54, 1.807) is 55.3 Å². The molecular formula is C32H31ClN2O4S. The highest BCUT2D eigenvalue weighted by molar-refractivity contribution is 7.91. The first-order chi connectivity index (χ1) is 19.1. The van der Waals surface area contributed by atoms with Crippen LogP contribution in [0.1, 0.15) is 45.6 Å². The summed E-state index contributed by atoms with van der Waals surface area (Å²) < 4.78 is 24.0. The van der Waals surface area contributed by atoms with Gasteiger partial charge in [0.2, 0.25) is 5.91 Å². The topological polar surface area (TPSA) is 83.5 Å². The van der Waals surface area contributed by atoms with Gasteiger partial charge in [0, 0.05) is 23.3 Å². The predicted octanol–water partition coefficient (Wildman–Crippen LogP) is 6.48. The Morgan fingerprint density at radius 2 is 1.38 bits per heavy atom. The van der Waals surface area contributed by atoms with E-state index in [-0.39, 0.29) is 34.9 Å². The molecule has 6 nitrogen and oxygen atoms in total. The van der Waals surface area contributed by atoms with E-state index in [4.69, 9.17) is 11.6 Å². The number of sulfone groups is 1. The highest BCUT2D eigenvalue weighted by atomic mass is 35.5. The van der Waals surface area contributed by atoms with Gasteiger partial charge in [-0.15, -0.1) is 0 Å². The van der Waals surface area contributed by atoms with Crippen molar-refractivity contribution in [3.8, 4) is 0 Å². The van der Waals surface area contributed by atoms with Gasteiger partial charge in [0.15, 0.2) is 9.84 Å². The minimum atomic E-state index is -3.29. The summed E-state index contributed by atoms with van der Waals surface area (Å²) in [6.45, 7) is 3.61. The van der Waals surface area contributed by atoms with Crippen LogP contribution in [0, 0.1) is 6.92 Å². The van der Waals surface area contributed by atoms with E-state index >= 15 is 0 Å². The second-order valence-corrected chi connectivity index (χ2v) is 12.3. The summed E-state index contributed by atoms with van der Waals surface area (Å²) in [5.74, 6) is -0.389. The van der Waals surface area contributed by atoms with Crippen molar-refractivity contribution in [2.45, 2.75) is 31.2 Å². The van der Waals surface area contributed by atoms with Crippen LogP contribution in [0.15, 0.2) is 102 Å². The third-order valence-electron chi connectivity index (χ3n) is 6.73. The molecular weight excluding hydrogens is 544 g/mol. The summed E-state index contributed by atoms with van der Waals surface area (Å²) >= 11 is 6.11. The van der Waals surface area contributed by atoms with Crippen molar-refractivity contribution in [3.05, 3.63) is 130 Å². The Hall–Kier alpha value is -3.94. The summed E-state index contributed by atoms with van der Waals surface area (Å²) in [5, 5.41) is 3.46. The third kappa shape index (κ3) is 6.97. The first kappa shape index (κ1) is 29.1. The molecule has 0 radical (unpaired) electrons. The van der Waals surface area contributed by atoms with Crippen molar-refractivity contribution in [1.82, 2.24) is 4.90 Å². The van der Waals surface area contributed by atoms with Crippen molar-refractivity contribution >= 4 is 38.9 Å². The molecule has 4 rings (SSSR count). The Morgan fingerprint density at radius 1 is 0.825 bits per heavy atom. The van der Waals surface area contributed by atoms with Crippen LogP contribution >= 0.6 is 11.6 Å². The van der Waals surface area contributed by atoms with Gasteiger partial charge < -0.3 is 10.2 Å². The molecule has 8 heteroatoms. The predicted molar refractivity (Wildman–Crippen MR) is 160 cm³/mol. The van der Waals surface area contributed by atoms with Gasteiger partial charge in [-0.1, -0.05) is 72.6 Å². The average Bonchev–Trinajstić information content (AvgIpc) is 2.95. The molecule has 0 aromatic heterocycles. The minimum Gasteiger partial charge on any atom is -0.331 e. The van der Waals surface area contributed by atoms with Gasteiger partial charge in [-0.3, -0.25) is 9.59 Å². The fourth-order valence-corrected chi connectivity index (χ4v) is 5.43. The second-order valence-electron chi connectivity index (χ2n) is 9.63. The largest absolute Gasteiger partial charge is 0.331 e. The van der Waals surface area contributed by atoms with Gasteiger partial charge >= 0.3 is 0 Å². The van der Waals surface area contributed by atoms with Crippen LogP contribution in [-0.2, 0) is 21.1 Å². The van der Waals surface area contributed by atoms with E-state index in [9.17, 15) is 18.0 Å². The van der Waals surface area contributed by atoms with Gasteiger partial charge in [-0.25, -0.2) is 8.42 Å². The zero-order valence-electron chi connectivity index (χ0n) is 22.6. The lowest BCUT2D eigenvalue weighted by Gasteiger charge is -2.29. The molecule has 0 saturated carbocycles. The van der Waals surface area contributed by atoms with E-state index in [1.165, 1.54) is 12.1 Å². The lowest BCUT2D eigenvalue weighted by Crippen LogP contribution is -2.32. The lowest BCUT2D eigenvalue weighted by molar-refractivity contribution is -0.115. The van der Waals surface area contributed by atoms with Gasteiger partial charge in [-0.05, 0) is 72.1 Å². The van der Waals surface area contributed by atoms with E-state index in [1.807, 2.05) is 55.5 Å². The summed E-state index contributed by atoms with van der Waals surface area (Å²) in [6, 6.07) is 28.3. The van der Waals surface area contributed by atoms with E-state index in [0.29, 0.717) is 21.8 Å². The van der Waals surface area contributed by atoms with Crippen LogP contribution in [0.3, 0.4) is 0 Å². The number of hydrogen-bond acceptors (Lipinski definition) is 4. The highest BCUT2D eigenvalue weighted by Crippen LogP contribution is 2.30. The maximum atomic E-state index is 13.5. The number of anilines is 1. The number of benzene rings is 4. The highest BCUT2D eigenvalue weighted by Gasteiger charge is 2.24. The molecule has 0 aliphatic rings. The monoisotopic (exact) mass is 574 g/mol. The Balaban J connectivity index is 1.46. The molecule has 0 aliphatic heterocycles. The Bertz CT molecular complexity index is 1540. The van der Waals surface area contributed by atoms with Crippen molar-refractivity contribution in [3.63, 3.8) is 0 Å². The second kappa shape index (κ2) is 12.5. The number of carbonyl (C=O) groups excluding carboxylic acids is 2. The molecule has 0 unspecified atom stereocenters. The Morgan fingerprint density at radius 3 is 1.93 bits per heavy atom. The van der Waals surface area contributed by atoms with Gasteiger partial charge in [0.25, 0.3) is 5.91 Å². The standard InChI is InChI=1S/C32H31ClN2O4S/c1-4-40(38,39)29-19-7-23(8-20-29)21-30(36)34-28-17-13-26(14-18-28)32(37)35(3)31(24-9-5-22(2)6-10-24)25-11-15-27(33)16-12-25/h5-20,31H,4,21H2,1-3H3,(H,34,36)/t31-/m1/s1. The number of nitrogens with one attached hydrogen (secondary N) is 1. The van der Waals surface area contributed by atoms with Gasteiger partial charge in [-0.2, -0.15) is 0 Å². The number of rotatable bonds is 9. The fourth-order valence-electron chi connectivity index (χ4n) is 4.42. The van der Waals surface area contributed by atoms with Crippen molar-refractivity contribution in [2.75, 3.05) is 18.1 Å². The van der Waals surface area contributed by atoms with Gasteiger partial charge in [0.05, 0.1) is 23.1 Å². The molecule has 0 fully saturated rings. The number of aryl methyl sites for hydroxylation is 1. The van der Waals surface area contributed by atoms with E-state index in [2.05, 4.69) is 5.32 Å². The number of hydrogen-bond donors (Lipinski definition) is 1. The summed E-state index contributed by atoms with van der Waals surface area (Å²) in [5.41, 5.74) is 4.79. The lowest BCUT2D eigenvalue weighted by atomic mass is 9.96. The van der Waals surface area contributed by atoms with Crippen LogP contribution < -0.4 is 5.32 Å². The SMILES string of the molecule is CCS(=O)(=O)c1ccc(CC(=O)Nc2ccc(C(=O)N(C)[C@H](c3ccc(C)cc3)c3ccc(Cl)cc3)cc2)cc1. The smallest absolute Gasteiger partial charge is 0.254 e. The molecule has 206 valence electrons. The molecule has 0 saturated heterocycles. The molecule has 1 N–H and O–H groups in total. The number of amides is 2. The first-order valence-electron chi connectivity index (χ1n) is 12.9. The quantitative estimate of drug-likeness (QED) is 0.248. The number of carbonyl (C=O) groups is 2. The van der Waals surface area contributed by atoms with Crippen LogP contribution in [0.2, 0.25) is 5.02 Å². The molecule has 0 heterocycles. The Kier molecular flexibility index (Phi) is 9.07. The maximum Gasteiger partial charge on any atom is 0.254 e. The van der Waals surface area contributed by atoms with E-state index < -0.39 is 9.84 Å². The summed E-state index contributed by atoms with van der Waals surface area (Å²) in [4.78, 5) is 28.1. The van der Waals surface area contributed by atoms with Crippen molar-refractivity contribution in [2.24, 2.45) is 0 Å². The van der Waals surface area contributed by atoms with Crippen LogP contribution in [0.25, 0.3) is 0 Å². The zero-order chi connectivity index (χ0) is 28.9. The molecule has 4 aromatic rings. The average molecular weight is 575 g/mol. The molecule has 0 spiro atoms. The third-order valence-corrected chi connectivity index (χ3v) is 8.73. The fraction of sp³-hybridized carbons (Fsp3) is 0.188. The first-order valence-corrected chi connectivity index (χ1v) is 14.9. The molecule has 0 bridgehead atoms. The normalized spacial score (nSPS) is 12.0. The maximum absolute atomic E-state index is 13.5.